The lowest BCUT2D eigenvalue weighted by Crippen LogP contribution is -1.99. The molecule has 5 rings (SSSR count). The minimum atomic E-state index is 0.275. The van der Waals surface area contributed by atoms with Crippen LogP contribution in [0.25, 0.3) is 33.4 Å². The Kier molecular flexibility index (Phi) is 8.36. The Bertz CT molecular complexity index is 1370. The minimum Gasteiger partial charge on any atom is -0.508 e. The normalized spacial score (nSPS) is 10.5. The molecule has 0 fully saturated rings. The second kappa shape index (κ2) is 12.0. The molecule has 5 aromatic rings. The van der Waals surface area contributed by atoms with Crippen molar-refractivity contribution in [2.45, 2.75) is 40.2 Å². The van der Waals surface area contributed by atoms with E-state index in [2.05, 4.69) is 73.8 Å². The van der Waals surface area contributed by atoms with Crippen LogP contribution in [0.5, 0.6) is 5.75 Å². The minimum absolute atomic E-state index is 0.275. The van der Waals surface area contributed by atoms with Crippen LogP contribution in [-0.4, -0.2) is 14.9 Å². The number of aromatic nitrogens is 2. The van der Waals surface area contributed by atoms with E-state index in [1.807, 2.05) is 49.0 Å². The molecule has 1 N–H and O–H groups in total. The molecular formula is C33H34N2O. The molecular weight excluding hydrogens is 440 g/mol. The number of phenols is 1. The van der Waals surface area contributed by atoms with Gasteiger partial charge in [-0.05, 0) is 57.5 Å². The van der Waals surface area contributed by atoms with E-state index >= 15 is 0 Å². The molecule has 0 bridgehead atoms. The van der Waals surface area contributed by atoms with Crippen molar-refractivity contribution in [1.82, 2.24) is 9.78 Å². The number of aryl methyl sites for hydroxylation is 1. The zero-order valence-electron chi connectivity index (χ0n) is 21.4. The molecule has 0 radical (unpaired) electrons. The van der Waals surface area contributed by atoms with E-state index in [0.29, 0.717) is 0 Å². The summed E-state index contributed by atoms with van der Waals surface area (Å²) >= 11 is 0. The van der Waals surface area contributed by atoms with E-state index < -0.39 is 0 Å². The van der Waals surface area contributed by atoms with Gasteiger partial charge >= 0.3 is 0 Å². The molecule has 1 heterocycles. The average molecular weight is 475 g/mol. The average Bonchev–Trinajstić information content (AvgIpc) is 3.39. The summed E-state index contributed by atoms with van der Waals surface area (Å²) < 4.78 is 2.01. The summed E-state index contributed by atoms with van der Waals surface area (Å²) in [5.74, 6) is 0.275. The first-order valence-corrected chi connectivity index (χ1v) is 12.8. The quantitative estimate of drug-likeness (QED) is 0.256. The maximum Gasteiger partial charge on any atom is 0.115 e. The highest BCUT2D eigenvalue weighted by molar-refractivity contribution is 5.95. The molecule has 0 aliphatic heterocycles. The first-order chi connectivity index (χ1) is 17.7. The van der Waals surface area contributed by atoms with Gasteiger partial charge in [0.25, 0.3) is 0 Å². The maximum atomic E-state index is 9.87. The fourth-order valence-electron chi connectivity index (χ4n) is 4.51. The van der Waals surface area contributed by atoms with Gasteiger partial charge in [-0.1, -0.05) is 112 Å². The molecule has 0 aliphatic rings. The van der Waals surface area contributed by atoms with E-state index in [1.165, 1.54) is 33.4 Å². The van der Waals surface area contributed by atoms with Gasteiger partial charge in [-0.25, -0.2) is 0 Å². The molecule has 4 aromatic carbocycles. The van der Waals surface area contributed by atoms with Crippen molar-refractivity contribution in [3.05, 3.63) is 121 Å². The smallest absolute Gasteiger partial charge is 0.115 e. The van der Waals surface area contributed by atoms with Crippen molar-refractivity contribution < 1.29 is 5.11 Å². The van der Waals surface area contributed by atoms with Gasteiger partial charge in [0.05, 0.1) is 12.7 Å². The second-order valence-electron chi connectivity index (χ2n) is 8.64. The highest BCUT2D eigenvalue weighted by Crippen LogP contribution is 2.41. The summed E-state index contributed by atoms with van der Waals surface area (Å²) in [5, 5.41) is 14.6. The summed E-state index contributed by atoms with van der Waals surface area (Å²) in [7, 11) is 0. The lowest BCUT2D eigenvalue weighted by molar-refractivity contribution is 0.475. The number of aromatic hydroxyl groups is 1. The van der Waals surface area contributed by atoms with Gasteiger partial charge in [-0.2, -0.15) is 5.10 Å². The fourth-order valence-corrected chi connectivity index (χ4v) is 4.51. The summed E-state index contributed by atoms with van der Waals surface area (Å²) in [4.78, 5) is 0. The van der Waals surface area contributed by atoms with Crippen molar-refractivity contribution in [3.8, 4) is 39.1 Å². The summed E-state index contributed by atoms with van der Waals surface area (Å²) in [6.45, 7) is 6.95. The molecule has 3 heteroatoms. The van der Waals surface area contributed by atoms with E-state index in [1.54, 1.807) is 12.1 Å². The Morgan fingerprint density at radius 2 is 1.31 bits per heavy atom. The van der Waals surface area contributed by atoms with E-state index in [0.717, 1.165) is 30.5 Å². The van der Waals surface area contributed by atoms with Crippen LogP contribution in [0.2, 0.25) is 0 Å². The van der Waals surface area contributed by atoms with Crippen molar-refractivity contribution in [3.63, 3.8) is 0 Å². The Hall–Kier alpha value is -4.11. The van der Waals surface area contributed by atoms with Gasteiger partial charge < -0.3 is 5.11 Å². The standard InChI is InChI=1S/C31H28N2O.C2H6/c1-2-9-24-18-29(25-14-16-28(34)17-15-25)31(26-12-7-4-8-13-26)30(19-24)27-20-32-33(22-27)21-23-10-5-3-6-11-23;1-2/h3-8,10-20,22,34H,2,9,21H2,1H3;1-2H3. The predicted molar refractivity (Wildman–Crippen MR) is 151 cm³/mol. The Labute approximate surface area is 214 Å². The number of benzene rings is 4. The third-order valence-corrected chi connectivity index (χ3v) is 6.11. The second-order valence-corrected chi connectivity index (χ2v) is 8.64. The summed E-state index contributed by atoms with van der Waals surface area (Å²) in [6.07, 6.45) is 6.20. The van der Waals surface area contributed by atoms with Crippen molar-refractivity contribution >= 4 is 0 Å². The topological polar surface area (TPSA) is 38.1 Å². The first-order valence-electron chi connectivity index (χ1n) is 12.8. The maximum absolute atomic E-state index is 9.87. The lowest BCUT2D eigenvalue weighted by Gasteiger charge is -2.18. The highest BCUT2D eigenvalue weighted by Gasteiger charge is 2.17. The molecule has 182 valence electrons. The Morgan fingerprint density at radius 1 is 0.694 bits per heavy atom. The van der Waals surface area contributed by atoms with E-state index in [4.69, 9.17) is 5.10 Å². The van der Waals surface area contributed by atoms with Crippen LogP contribution >= 0.6 is 0 Å². The van der Waals surface area contributed by atoms with Crippen LogP contribution in [0.3, 0.4) is 0 Å². The van der Waals surface area contributed by atoms with E-state index in [-0.39, 0.29) is 5.75 Å². The van der Waals surface area contributed by atoms with Crippen molar-refractivity contribution in [2.24, 2.45) is 0 Å². The number of rotatable bonds is 7. The number of phenolic OH excluding ortho intramolecular Hbond substituents is 1. The van der Waals surface area contributed by atoms with Gasteiger partial charge in [0.2, 0.25) is 0 Å². The molecule has 0 unspecified atom stereocenters. The molecule has 36 heavy (non-hydrogen) atoms. The van der Waals surface area contributed by atoms with Crippen LogP contribution in [0.4, 0.5) is 0 Å². The SMILES string of the molecule is CC.CCCc1cc(-c2ccc(O)cc2)c(-c2ccccc2)c(-c2cnn(Cc3ccccc3)c2)c1. The third kappa shape index (κ3) is 5.75. The fraction of sp³-hybridized carbons (Fsp3) is 0.182. The van der Waals surface area contributed by atoms with Crippen LogP contribution in [0.15, 0.2) is 109 Å². The molecule has 1 aromatic heterocycles. The monoisotopic (exact) mass is 474 g/mol. The number of hydrogen-bond donors (Lipinski definition) is 1. The molecule has 3 nitrogen and oxygen atoms in total. The first kappa shape index (κ1) is 25.0. The van der Waals surface area contributed by atoms with Crippen LogP contribution in [0.1, 0.15) is 38.3 Å². The molecule has 0 atom stereocenters. The van der Waals surface area contributed by atoms with E-state index in [9.17, 15) is 5.11 Å². The van der Waals surface area contributed by atoms with Crippen LogP contribution < -0.4 is 0 Å². The zero-order chi connectivity index (χ0) is 25.3. The van der Waals surface area contributed by atoms with Crippen molar-refractivity contribution in [1.29, 1.82) is 0 Å². The molecule has 0 aliphatic carbocycles. The van der Waals surface area contributed by atoms with Crippen LogP contribution in [0, 0.1) is 0 Å². The summed E-state index contributed by atoms with van der Waals surface area (Å²) in [5.41, 5.74) is 9.42. The molecule has 0 saturated heterocycles. The molecule has 0 spiro atoms. The van der Waals surface area contributed by atoms with Gasteiger partial charge in [-0.15, -0.1) is 0 Å². The van der Waals surface area contributed by atoms with Gasteiger partial charge in [0.1, 0.15) is 5.75 Å². The predicted octanol–water partition coefficient (Wildman–Crippen LogP) is 8.62. The van der Waals surface area contributed by atoms with Gasteiger partial charge in [0.15, 0.2) is 0 Å². The molecule has 0 saturated carbocycles. The summed E-state index contributed by atoms with van der Waals surface area (Å²) in [6, 6.07) is 33.1. The Morgan fingerprint density at radius 3 is 1.94 bits per heavy atom. The van der Waals surface area contributed by atoms with Gasteiger partial charge in [-0.3, -0.25) is 4.68 Å². The van der Waals surface area contributed by atoms with Crippen LogP contribution in [-0.2, 0) is 13.0 Å². The zero-order valence-corrected chi connectivity index (χ0v) is 21.4. The van der Waals surface area contributed by atoms with Gasteiger partial charge in [0, 0.05) is 11.8 Å². The number of nitrogens with zero attached hydrogens (tertiary/aromatic N) is 2. The third-order valence-electron chi connectivity index (χ3n) is 6.11. The highest BCUT2D eigenvalue weighted by atomic mass is 16.3. The Balaban J connectivity index is 0.00000148. The largest absolute Gasteiger partial charge is 0.508 e. The number of hydrogen-bond acceptors (Lipinski definition) is 2. The molecule has 0 amide bonds. The van der Waals surface area contributed by atoms with Crippen molar-refractivity contribution in [2.75, 3.05) is 0 Å². The lowest BCUT2D eigenvalue weighted by atomic mass is 9.86.